The van der Waals surface area contributed by atoms with Crippen LogP contribution in [0.4, 0.5) is 18.9 Å². The molecule has 0 saturated carbocycles. The van der Waals surface area contributed by atoms with Crippen molar-refractivity contribution >= 4 is 21.6 Å². The second kappa shape index (κ2) is 11.2. The number of nitrogens with zero attached hydrogens (tertiary/aromatic N) is 3. The van der Waals surface area contributed by atoms with Crippen LogP contribution in [0.25, 0.3) is 0 Å². The van der Waals surface area contributed by atoms with E-state index in [1.807, 2.05) is 42.3 Å². The van der Waals surface area contributed by atoms with E-state index < -0.39 is 21.8 Å². The molecule has 0 spiro atoms. The van der Waals surface area contributed by atoms with E-state index in [2.05, 4.69) is 10.2 Å². The number of halogens is 3. The van der Waals surface area contributed by atoms with Crippen molar-refractivity contribution in [3.8, 4) is 0 Å². The Morgan fingerprint density at radius 3 is 2.21 bits per heavy atom. The maximum absolute atomic E-state index is 12.8. The summed E-state index contributed by atoms with van der Waals surface area (Å²) in [6, 6.07) is 13.5. The van der Waals surface area contributed by atoms with Crippen LogP contribution >= 0.6 is 0 Å². The molecule has 1 amide bonds. The number of piperazine rings is 1. The van der Waals surface area contributed by atoms with Crippen LogP contribution in [0.1, 0.15) is 12.0 Å². The minimum Gasteiger partial charge on any atom is -0.375 e. The number of rotatable bonds is 9. The van der Waals surface area contributed by atoms with E-state index in [9.17, 15) is 26.4 Å². The average molecular weight is 499 g/mol. The third-order valence-corrected chi connectivity index (χ3v) is 7.62. The van der Waals surface area contributed by atoms with Crippen molar-refractivity contribution < 1.29 is 26.4 Å². The van der Waals surface area contributed by atoms with E-state index in [-0.39, 0.29) is 30.4 Å². The highest BCUT2D eigenvalue weighted by Gasteiger charge is 2.32. The Labute approximate surface area is 198 Å². The highest BCUT2D eigenvalue weighted by Crippen LogP contribution is 2.30. The number of carbonyl (C=O) groups is 1. The lowest BCUT2D eigenvalue weighted by molar-refractivity contribution is -0.137. The summed E-state index contributed by atoms with van der Waals surface area (Å²) in [7, 11) is -1.90. The maximum Gasteiger partial charge on any atom is 0.416 e. The standard InChI is InChI=1S/C23H29F3N4O3S/c1-28(20-6-3-2-4-7-20)13-5-12-27-22(31)18-29-14-16-30(17-15-29)34(32,33)21-10-8-19(9-11-21)23(24,25)26/h2-4,6-11H,5,12-18H2,1H3,(H,27,31). The molecule has 0 bridgehead atoms. The number of hydrogen-bond donors (Lipinski definition) is 1. The van der Waals surface area contributed by atoms with Crippen molar-refractivity contribution in [3.63, 3.8) is 0 Å². The van der Waals surface area contributed by atoms with Gasteiger partial charge in [0, 0.05) is 52.0 Å². The lowest BCUT2D eigenvalue weighted by Gasteiger charge is -2.33. The number of benzene rings is 2. The van der Waals surface area contributed by atoms with Gasteiger partial charge in [-0.25, -0.2) is 8.42 Å². The van der Waals surface area contributed by atoms with Gasteiger partial charge in [-0.05, 0) is 42.8 Å². The minimum absolute atomic E-state index is 0.124. The van der Waals surface area contributed by atoms with Crippen LogP contribution in [0.3, 0.4) is 0 Å². The second-order valence-corrected chi connectivity index (χ2v) is 10.1. The zero-order chi connectivity index (χ0) is 24.8. The van der Waals surface area contributed by atoms with Crippen LogP contribution in [0.5, 0.6) is 0 Å². The number of alkyl halides is 3. The van der Waals surface area contributed by atoms with Gasteiger partial charge in [-0.3, -0.25) is 9.69 Å². The van der Waals surface area contributed by atoms with Crippen LogP contribution in [0.2, 0.25) is 0 Å². The first kappa shape index (κ1) is 26.0. The largest absolute Gasteiger partial charge is 0.416 e. The molecule has 1 saturated heterocycles. The third-order valence-electron chi connectivity index (χ3n) is 5.71. The number of sulfonamides is 1. The van der Waals surface area contributed by atoms with Crippen molar-refractivity contribution in [2.24, 2.45) is 0 Å². The van der Waals surface area contributed by atoms with E-state index in [1.165, 1.54) is 4.31 Å². The SMILES string of the molecule is CN(CCCNC(=O)CN1CCN(S(=O)(=O)c2ccc(C(F)(F)F)cc2)CC1)c1ccccc1. The van der Waals surface area contributed by atoms with Gasteiger partial charge in [-0.15, -0.1) is 0 Å². The van der Waals surface area contributed by atoms with E-state index in [0.717, 1.165) is 42.9 Å². The first-order chi connectivity index (χ1) is 16.1. The average Bonchev–Trinajstić information content (AvgIpc) is 2.82. The fourth-order valence-electron chi connectivity index (χ4n) is 3.71. The summed E-state index contributed by atoms with van der Waals surface area (Å²) in [4.78, 5) is 16.1. The predicted molar refractivity (Wildman–Crippen MR) is 124 cm³/mol. The molecule has 0 aliphatic carbocycles. The van der Waals surface area contributed by atoms with E-state index in [0.29, 0.717) is 19.6 Å². The van der Waals surface area contributed by atoms with Gasteiger partial charge in [0.25, 0.3) is 0 Å². The van der Waals surface area contributed by atoms with E-state index in [1.54, 1.807) is 0 Å². The van der Waals surface area contributed by atoms with Crippen molar-refractivity contribution in [3.05, 3.63) is 60.2 Å². The molecule has 186 valence electrons. The van der Waals surface area contributed by atoms with Crippen LogP contribution in [-0.4, -0.2) is 76.4 Å². The summed E-state index contributed by atoms with van der Waals surface area (Å²) in [5.41, 5.74) is 0.215. The van der Waals surface area contributed by atoms with Gasteiger partial charge >= 0.3 is 6.18 Å². The van der Waals surface area contributed by atoms with Crippen LogP contribution in [0.15, 0.2) is 59.5 Å². The van der Waals surface area contributed by atoms with Crippen LogP contribution in [-0.2, 0) is 21.0 Å². The third kappa shape index (κ3) is 6.94. The molecule has 1 aliphatic rings. The molecule has 2 aromatic rings. The first-order valence-electron chi connectivity index (χ1n) is 11.0. The number of amides is 1. The number of carbonyl (C=O) groups excluding carboxylic acids is 1. The Hall–Kier alpha value is -2.63. The van der Waals surface area contributed by atoms with Crippen molar-refractivity contribution in [2.45, 2.75) is 17.5 Å². The monoisotopic (exact) mass is 498 g/mol. The summed E-state index contributed by atoms with van der Waals surface area (Å²) in [5.74, 6) is -0.124. The molecule has 3 rings (SSSR count). The van der Waals surface area contributed by atoms with Crippen molar-refractivity contribution in [1.29, 1.82) is 0 Å². The lowest BCUT2D eigenvalue weighted by atomic mass is 10.2. The van der Waals surface area contributed by atoms with Gasteiger partial charge < -0.3 is 10.2 Å². The highest BCUT2D eigenvalue weighted by atomic mass is 32.2. The number of para-hydroxylation sites is 1. The summed E-state index contributed by atoms with van der Waals surface area (Å²) >= 11 is 0. The molecule has 1 heterocycles. The molecule has 0 unspecified atom stereocenters. The highest BCUT2D eigenvalue weighted by molar-refractivity contribution is 7.89. The Morgan fingerprint density at radius 1 is 1.00 bits per heavy atom. The van der Waals surface area contributed by atoms with Gasteiger partial charge in [0.1, 0.15) is 0 Å². The van der Waals surface area contributed by atoms with Gasteiger partial charge in [-0.2, -0.15) is 17.5 Å². The Morgan fingerprint density at radius 2 is 1.62 bits per heavy atom. The second-order valence-electron chi connectivity index (χ2n) is 8.16. The lowest BCUT2D eigenvalue weighted by Crippen LogP contribution is -2.51. The summed E-state index contributed by atoms with van der Waals surface area (Å²) in [6.45, 7) is 2.57. The Bertz CT molecular complexity index is 1040. The number of nitrogens with one attached hydrogen (secondary N) is 1. The molecule has 2 aromatic carbocycles. The maximum atomic E-state index is 12.8. The minimum atomic E-state index is -4.52. The molecule has 1 N–H and O–H groups in total. The fraction of sp³-hybridized carbons (Fsp3) is 0.435. The van der Waals surface area contributed by atoms with Gasteiger partial charge in [0.15, 0.2) is 0 Å². The van der Waals surface area contributed by atoms with E-state index in [4.69, 9.17) is 0 Å². The molecule has 11 heteroatoms. The number of hydrogen-bond acceptors (Lipinski definition) is 5. The zero-order valence-electron chi connectivity index (χ0n) is 19.0. The molecule has 1 aliphatic heterocycles. The van der Waals surface area contributed by atoms with Gasteiger partial charge in [0.2, 0.25) is 15.9 Å². The fourth-order valence-corrected chi connectivity index (χ4v) is 5.13. The normalized spacial score (nSPS) is 15.8. The molecule has 7 nitrogen and oxygen atoms in total. The molecule has 0 radical (unpaired) electrons. The van der Waals surface area contributed by atoms with Crippen LogP contribution in [0, 0.1) is 0 Å². The molecule has 34 heavy (non-hydrogen) atoms. The molecule has 0 atom stereocenters. The van der Waals surface area contributed by atoms with Gasteiger partial charge in [-0.1, -0.05) is 18.2 Å². The Kier molecular flexibility index (Phi) is 8.56. The predicted octanol–water partition coefficient (Wildman–Crippen LogP) is 2.65. The topological polar surface area (TPSA) is 73.0 Å². The quantitative estimate of drug-likeness (QED) is 0.539. The Balaban J connectivity index is 1.40. The van der Waals surface area contributed by atoms with Crippen LogP contribution < -0.4 is 10.2 Å². The van der Waals surface area contributed by atoms with E-state index >= 15 is 0 Å². The zero-order valence-corrected chi connectivity index (χ0v) is 19.8. The van der Waals surface area contributed by atoms with Crippen molar-refractivity contribution in [2.75, 3.05) is 57.8 Å². The first-order valence-corrected chi connectivity index (χ1v) is 12.4. The summed E-state index contributed by atoms with van der Waals surface area (Å²) in [5, 5.41) is 2.89. The van der Waals surface area contributed by atoms with Gasteiger partial charge in [0.05, 0.1) is 17.0 Å². The number of anilines is 1. The molecule has 0 aromatic heterocycles. The summed E-state index contributed by atoms with van der Waals surface area (Å²) in [6.07, 6.45) is -3.73. The van der Waals surface area contributed by atoms with Crippen molar-refractivity contribution in [1.82, 2.24) is 14.5 Å². The molecule has 1 fully saturated rings. The summed E-state index contributed by atoms with van der Waals surface area (Å²) < 4.78 is 64.9. The smallest absolute Gasteiger partial charge is 0.375 e. The molecular weight excluding hydrogens is 469 g/mol. The molecular formula is C23H29F3N4O3S.